The van der Waals surface area contributed by atoms with Crippen molar-refractivity contribution in [3.05, 3.63) is 53.6 Å². The van der Waals surface area contributed by atoms with E-state index in [1.54, 1.807) is 12.4 Å². The summed E-state index contributed by atoms with van der Waals surface area (Å²) < 4.78 is 0. The number of likely N-dealkylation sites (tertiary alicyclic amines) is 1. The van der Waals surface area contributed by atoms with Gasteiger partial charge in [0.05, 0.1) is 18.1 Å². The molecule has 0 spiro atoms. The molecule has 1 fully saturated rings. The minimum absolute atomic E-state index is 0.0148. The average molecular weight is 401 g/mol. The van der Waals surface area contributed by atoms with Crippen molar-refractivity contribution in [1.82, 2.24) is 14.9 Å². The van der Waals surface area contributed by atoms with Crippen LogP contribution in [0.3, 0.4) is 0 Å². The van der Waals surface area contributed by atoms with Crippen LogP contribution in [-0.2, 0) is 4.79 Å². The first-order valence-corrected chi connectivity index (χ1v) is 10.2. The number of benzene rings is 1. The maximum atomic E-state index is 13.3. The molecule has 1 amide bonds. The Morgan fingerprint density at radius 3 is 2.43 bits per heavy atom. The average Bonchev–Trinajstić information content (AvgIpc) is 2.66. The zero-order chi connectivity index (χ0) is 20.3. The number of piperidine rings is 1. The summed E-state index contributed by atoms with van der Waals surface area (Å²) in [5, 5.41) is 4.08. The van der Waals surface area contributed by atoms with Gasteiger partial charge in [-0.2, -0.15) is 0 Å². The van der Waals surface area contributed by atoms with Crippen LogP contribution in [0.25, 0.3) is 0 Å². The Kier molecular flexibility index (Phi) is 6.23. The van der Waals surface area contributed by atoms with Crippen molar-refractivity contribution in [2.24, 2.45) is 11.3 Å². The van der Waals surface area contributed by atoms with Crippen LogP contribution in [0.4, 0.5) is 5.69 Å². The van der Waals surface area contributed by atoms with Crippen molar-refractivity contribution in [1.29, 1.82) is 0 Å². The van der Waals surface area contributed by atoms with Gasteiger partial charge in [0.1, 0.15) is 12.4 Å². The second kappa shape index (κ2) is 8.48. The molecule has 1 aliphatic rings. The summed E-state index contributed by atoms with van der Waals surface area (Å²) in [6.07, 6.45) is 5.83. The third-order valence-electron chi connectivity index (χ3n) is 5.63. The molecular formula is C22H29ClN4O. The molecule has 0 saturated carbocycles. The molecule has 0 radical (unpaired) electrons. The van der Waals surface area contributed by atoms with Crippen molar-refractivity contribution >= 4 is 23.2 Å². The lowest BCUT2D eigenvalue weighted by Crippen LogP contribution is -2.53. The quantitative estimate of drug-likeness (QED) is 0.796. The van der Waals surface area contributed by atoms with Gasteiger partial charge in [0.25, 0.3) is 0 Å². The monoisotopic (exact) mass is 400 g/mol. The smallest absolute Gasteiger partial charge is 0.245 e. The van der Waals surface area contributed by atoms with Crippen LogP contribution in [0.2, 0.25) is 5.02 Å². The van der Waals surface area contributed by atoms with Gasteiger partial charge in [0, 0.05) is 18.1 Å². The Bertz CT molecular complexity index is 792. The number of carbonyl (C=O) groups excluding carboxylic acids is 1. The summed E-state index contributed by atoms with van der Waals surface area (Å²) in [6, 6.07) is 7.82. The molecule has 1 saturated heterocycles. The van der Waals surface area contributed by atoms with Crippen LogP contribution in [0, 0.1) is 11.3 Å². The van der Waals surface area contributed by atoms with Crippen LogP contribution in [0.5, 0.6) is 0 Å². The van der Waals surface area contributed by atoms with Crippen LogP contribution >= 0.6 is 11.6 Å². The van der Waals surface area contributed by atoms with Gasteiger partial charge in [-0.15, -0.1) is 0 Å². The number of hydrogen-bond acceptors (Lipinski definition) is 4. The summed E-state index contributed by atoms with van der Waals surface area (Å²) in [5.74, 6) is 0.702. The molecule has 0 aliphatic carbocycles. The second-order valence-electron chi connectivity index (χ2n) is 8.63. The molecule has 2 heterocycles. The van der Waals surface area contributed by atoms with Gasteiger partial charge in [0.2, 0.25) is 5.91 Å². The predicted molar refractivity (Wildman–Crippen MR) is 113 cm³/mol. The van der Waals surface area contributed by atoms with Gasteiger partial charge < -0.3 is 10.2 Å². The van der Waals surface area contributed by atoms with Gasteiger partial charge in [-0.3, -0.25) is 4.79 Å². The number of halogens is 1. The van der Waals surface area contributed by atoms with E-state index in [0.29, 0.717) is 5.92 Å². The van der Waals surface area contributed by atoms with Gasteiger partial charge in [-0.25, -0.2) is 9.97 Å². The summed E-state index contributed by atoms with van der Waals surface area (Å²) in [5.41, 5.74) is 2.05. The molecule has 0 bridgehead atoms. The van der Waals surface area contributed by atoms with Crippen LogP contribution in [-0.4, -0.2) is 39.9 Å². The number of amides is 1. The highest BCUT2D eigenvalue weighted by molar-refractivity contribution is 6.30. The molecule has 2 atom stereocenters. The fourth-order valence-corrected chi connectivity index (χ4v) is 4.25. The maximum Gasteiger partial charge on any atom is 0.245 e. The van der Waals surface area contributed by atoms with Gasteiger partial charge in [0.15, 0.2) is 0 Å². The molecule has 3 rings (SSSR count). The standard InChI is InChI=1S/C22H29ClN4O/c1-15(2)20(26-18-11-24-14-25-12-18)21(28)27-10-9-19(22(3,4)13-27)16-5-7-17(23)8-6-16/h5-8,11-12,14-15,19-20,26H,9-10,13H2,1-4H3. The van der Waals surface area contributed by atoms with E-state index in [4.69, 9.17) is 11.6 Å². The van der Waals surface area contributed by atoms with E-state index in [9.17, 15) is 4.79 Å². The molecule has 2 unspecified atom stereocenters. The van der Waals surface area contributed by atoms with Gasteiger partial charge >= 0.3 is 0 Å². The zero-order valence-corrected chi connectivity index (χ0v) is 17.8. The first-order chi connectivity index (χ1) is 13.3. The maximum absolute atomic E-state index is 13.3. The number of aromatic nitrogens is 2. The largest absolute Gasteiger partial charge is 0.371 e. The first-order valence-electron chi connectivity index (χ1n) is 9.84. The van der Waals surface area contributed by atoms with Gasteiger partial charge in [-0.05, 0) is 41.4 Å². The van der Waals surface area contributed by atoms with E-state index in [0.717, 1.165) is 30.2 Å². The molecule has 2 aromatic rings. The van der Waals surface area contributed by atoms with Crippen molar-refractivity contribution in [2.45, 2.75) is 46.1 Å². The first kappa shape index (κ1) is 20.6. The number of nitrogens with one attached hydrogen (secondary N) is 1. The number of carbonyl (C=O) groups is 1. The lowest BCUT2D eigenvalue weighted by molar-refractivity contribution is -0.136. The highest BCUT2D eigenvalue weighted by atomic mass is 35.5. The molecule has 1 aromatic carbocycles. The fourth-order valence-electron chi connectivity index (χ4n) is 4.12. The van der Waals surface area contributed by atoms with E-state index in [-0.39, 0.29) is 23.3 Å². The molecule has 6 heteroatoms. The Morgan fingerprint density at radius 2 is 1.86 bits per heavy atom. The minimum atomic E-state index is -0.297. The predicted octanol–water partition coefficient (Wildman–Crippen LogP) is 4.61. The van der Waals surface area contributed by atoms with Crippen molar-refractivity contribution in [3.8, 4) is 0 Å². The SMILES string of the molecule is CC(C)C(Nc1cncnc1)C(=O)N1CCC(c2ccc(Cl)cc2)C(C)(C)C1. The second-order valence-corrected chi connectivity index (χ2v) is 9.07. The van der Waals surface area contributed by atoms with E-state index in [2.05, 4.69) is 55.1 Å². The summed E-state index contributed by atoms with van der Waals surface area (Å²) in [4.78, 5) is 23.4. The van der Waals surface area contributed by atoms with Crippen LogP contribution in [0.15, 0.2) is 43.0 Å². The Labute approximate surface area is 172 Å². The molecule has 5 nitrogen and oxygen atoms in total. The van der Waals surface area contributed by atoms with Gasteiger partial charge in [-0.1, -0.05) is 51.4 Å². The Morgan fingerprint density at radius 1 is 1.21 bits per heavy atom. The van der Waals surface area contributed by atoms with Crippen molar-refractivity contribution in [3.63, 3.8) is 0 Å². The van der Waals surface area contributed by atoms with Crippen molar-refractivity contribution in [2.75, 3.05) is 18.4 Å². The number of rotatable bonds is 5. The van der Waals surface area contributed by atoms with Crippen LogP contribution in [0.1, 0.15) is 45.6 Å². The molecular weight excluding hydrogens is 372 g/mol. The highest BCUT2D eigenvalue weighted by Crippen LogP contribution is 2.42. The topological polar surface area (TPSA) is 58.1 Å². The summed E-state index contributed by atoms with van der Waals surface area (Å²) in [6.45, 7) is 10.1. The Balaban J connectivity index is 1.73. The molecule has 1 aromatic heterocycles. The fraction of sp³-hybridized carbons (Fsp3) is 0.500. The normalized spacial score (nSPS) is 20.1. The van der Waals surface area contributed by atoms with Crippen LogP contribution < -0.4 is 5.32 Å². The third-order valence-corrected chi connectivity index (χ3v) is 5.88. The number of nitrogens with zero attached hydrogens (tertiary/aromatic N) is 3. The minimum Gasteiger partial charge on any atom is -0.371 e. The lowest BCUT2D eigenvalue weighted by Gasteiger charge is -2.46. The molecule has 28 heavy (non-hydrogen) atoms. The van der Waals surface area contributed by atoms with E-state index in [1.807, 2.05) is 17.0 Å². The number of hydrogen-bond donors (Lipinski definition) is 1. The summed E-state index contributed by atoms with van der Waals surface area (Å²) in [7, 11) is 0. The molecule has 1 aliphatic heterocycles. The van der Waals surface area contributed by atoms with E-state index >= 15 is 0 Å². The lowest BCUT2D eigenvalue weighted by atomic mass is 9.70. The van der Waals surface area contributed by atoms with E-state index in [1.165, 1.54) is 11.9 Å². The van der Waals surface area contributed by atoms with Crippen molar-refractivity contribution < 1.29 is 4.79 Å². The van der Waals surface area contributed by atoms with E-state index < -0.39 is 0 Å². The summed E-state index contributed by atoms with van der Waals surface area (Å²) >= 11 is 6.05. The molecule has 1 N–H and O–H groups in total. The molecule has 150 valence electrons. The zero-order valence-electron chi connectivity index (χ0n) is 17.0. The third kappa shape index (κ3) is 4.64. The highest BCUT2D eigenvalue weighted by Gasteiger charge is 2.40. The Hall–Kier alpha value is -2.14. The number of anilines is 1.